The van der Waals surface area contributed by atoms with Crippen LogP contribution >= 0.6 is 0 Å². The highest BCUT2D eigenvalue weighted by Crippen LogP contribution is 2.21. The van der Waals surface area contributed by atoms with Crippen molar-refractivity contribution in [2.75, 3.05) is 0 Å². The van der Waals surface area contributed by atoms with E-state index >= 15 is 0 Å². The highest BCUT2D eigenvalue weighted by atomic mass is 19.1. The Bertz CT molecular complexity index is 330. The molecule has 0 fully saturated rings. The van der Waals surface area contributed by atoms with Crippen LogP contribution < -0.4 is 0 Å². The minimum Gasteiger partial charge on any atom is -0.481 e. The average Bonchev–Trinajstić information content (AvgIpc) is 2.02. The molecule has 0 radical (unpaired) electrons. The van der Waals surface area contributed by atoms with Crippen molar-refractivity contribution in [3.8, 4) is 0 Å². The van der Waals surface area contributed by atoms with Crippen molar-refractivity contribution in [3.63, 3.8) is 0 Å². The van der Waals surface area contributed by atoms with E-state index in [-0.39, 0.29) is 5.56 Å². The van der Waals surface area contributed by atoms with Gasteiger partial charge in [0, 0.05) is 6.07 Å². The summed E-state index contributed by atoms with van der Waals surface area (Å²) in [7, 11) is 0. The van der Waals surface area contributed by atoms with Gasteiger partial charge in [0.2, 0.25) is 0 Å². The first-order chi connectivity index (χ1) is 6.54. The number of hydrogen-bond acceptors (Lipinski definition) is 1. The molecule has 1 N–H and O–H groups in total. The number of hydrogen-bond donors (Lipinski definition) is 1. The van der Waals surface area contributed by atoms with E-state index < -0.39 is 23.5 Å². The molecule has 1 unspecified atom stereocenters. The molecule has 0 aliphatic heterocycles. The zero-order chi connectivity index (χ0) is 10.7. The Morgan fingerprint density at radius 1 is 1.36 bits per heavy atom. The summed E-state index contributed by atoms with van der Waals surface area (Å²) in [5.74, 6) is -3.42. The zero-order valence-corrected chi connectivity index (χ0v) is 7.63. The highest BCUT2D eigenvalue weighted by Gasteiger charge is 2.18. The van der Waals surface area contributed by atoms with Gasteiger partial charge in [-0.3, -0.25) is 4.79 Å². The molecule has 76 valence electrons. The van der Waals surface area contributed by atoms with Crippen molar-refractivity contribution in [1.29, 1.82) is 0 Å². The van der Waals surface area contributed by atoms with Crippen molar-refractivity contribution >= 4 is 5.97 Å². The molecule has 0 aliphatic carbocycles. The van der Waals surface area contributed by atoms with Crippen LogP contribution in [0.5, 0.6) is 0 Å². The molecule has 1 aromatic rings. The second-order valence-electron chi connectivity index (χ2n) is 3.00. The molecule has 14 heavy (non-hydrogen) atoms. The predicted octanol–water partition coefficient (Wildman–Crippen LogP) is 2.54. The third-order valence-corrected chi connectivity index (χ3v) is 1.99. The minimum absolute atomic E-state index is 0.164. The third kappa shape index (κ3) is 2.28. The number of carbonyl (C=O) groups is 1. The number of aliphatic carboxylic acids is 1. The van der Waals surface area contributed by atoms with Gasteiger partial charge < -0.3 is 5.11 Å². The van der Waals surface area contributed by atoms with Crippen molar-refractivity contribution in [3.05, 3.63) is 35.4 Å². The number of carboxylic acids is 1. The van der Waals surface area contributed by atoms with E-state index in [1.165, 1.54) is 0 Å². The lowest BCUT2D eigenvalue weighted by Gasteiger charge is -2.09. The van der Waals surface area contributed by atoms with Gasteiger partial charge in [-0.15, -0.1) is 0 Å². The van der Waals surface area contributed by atoms with Crippen LogP contribution in [0.2, 0.25) is 0 Å². The minimum atomic E-state index is -1.07. The monoisotopic (exact) mass is 200 g/mol. The summed E-state index contributed by atoms with van der Waals surface area (Å²) >= 11 is 0. The maximum atomic E-state index is 12.8. The Hall–Kier alpha value is -1.45. The fraction of sp³-hybridized carbons (Fsp3) is 0.300. The molecule has 0 saturated carbocycles. The smallest absolute Gasteiger partial charge is 0.310 e. The van der Waals surface area contributed by atoms with Gasteiger partial charge in [-0.2, -0.15) is 0 Å². The molecule has 0 heterocycles. The zero-order valence-electron chi connectivity index (χ0n) is 7.63. The molecule has 1 atom stereocenters. The molecule has 0 aliphatic rings. The second-order valence-corrected chi connectivity index (χ2v) is 3.00. The third-order valence-electron chi connectivity index (χ3n) is 1.99. The first-order valence-corrected chi connectivity index (χ1v) is 4.23. The summed E-state index contributed by atoms with van der Waals surface area (Å²) in [5, 5.41) is 8.76. The summed E-state index contributed by atoms with van der Waals surface area (Å²) < 4.78 is 25.5. The summed E-state index contributed by atoms with van der Waals surface area (Å²) in [6.45, 7) is 1.65. The highest BCUT2D eigenvalue weighted by molar-refractivity contribution is 5.75. The number of benzene rings is 1. The maximum absolute atomic E-state index is 12.8. The van der Waals surface area contributed by atoms with Crippen LogP contribution in [0.4, 0.5) is 8.78 Å². The first kappa shape index (κ1) is 10.6. The van der Waals surface area contributed by atoms with Gasteiger partial charge in [-0.25, -0.2) is 8.78 Å². The van der Waals surface area contributed by atoms with E-state index in [0.29, 0.717) is 6.42 Å². The lowest BCUT2D eigenvalue weighted by Crippen LogP contribution is -2.10. The van der Waals surface area contributed by atoms with Crippen LogP contribution in [0.3, 0.4) is 0 Å². The molecule has 0 saturated heterocycles. The molecular formula is C10H10F2O2. The maximum Gasteiger partial charge on any atom is 0.310 e. The van der Waals surface area contributed by atoms with Gasteiger partial charge in [0.05, 0.1) is 5.92 Å². The van der Waals surface area contributed by atoms with Gasteiger partial charge in [-0.1, -0.05) is 6.92 Å². The van der Waals surface area contributed by atoms with Crippen molar-refractivity contribution in [2.24, 2.45) is 0 Å². The van der Waals surface area contributed by atoms with Crippen LogP contribution in [-0.4, -0.2) is 11.1 Å². The normalized spacial score (nSPS) is 12.5. The molecule has 1 aromatic carbocycles. The SMILES string of the molecule is CCC(C(=O)O)c1cc(F)cc(F)c1. The Kier molecular flexibility index (Phi) is 3.17. The van der Waals surface area contributed by atoms with Gasteiger partial charge in [0.1, 0.15) is 11.6 Å². The van der Waals surface area contributed by atoms with Gasteiger partial charge in [0.15, 0.2) is 0 Å². The Morgan fingerprint density at radius 3 is 2.21 bits per heavy atom. The van der Waals surface area contributed by atoms with Crippen LogP contribution in [0.25, 0.3) is 0 Å². The van der Waals surface area contributed by atoms with E-state index in [0.717, 1.165) is 18.2 Å². The van der Waals surface area contributed by atoms with Crippen LogP contribution in [0.15, 0.2) is 18.2 Å². The molecule has 0 amide bonds. The van der Waals surface area contributed by atoms with Gasteiger partial charge >= 0.3 is 5.97 Å². The fourth-order valence-corrected chi connectivity index (χ4v) is 1.33. The van der Waals surface area contributed by atoms with Crippen molar-refractivity contribution in [1.82, 2.24) is 0 Å². The Labute approximate surface area is 80.2 Å². The summed E-state index contributed by atoms with van der Waals surface area (Å²) in [4.78, 5) is 10.7. The molecule has 1 rings (SSSR count). The fourth-order valence-electron chi connectivity index (χ4n) is 1.33. The number of carboxylic acid groups (broad SMARTS) is 1. The summed E-state index contributed by atoms with van der Waals surface area (Å²) in [5.41, 5.74) is 0.164. The van der Waals surface area contributed by atoms with Gasteiger partial charge in [-0.05, 0) is 24.1 Å². The average molecular weight is 200 g/mol. The largest absolute Gasteiger partial charge is 0.481 e. The topological polar surface area (TPSA) is 37.3 Å². The quantitative estimate of drug-likeness (QED) is 0.814. The van der Waals surface area contributed by atoms with Crippen molar-refractivity contribution < 1.29 is 18.7 Å². The van der Waals surface area contributed by atoms with E-state index in [1.54, 1.807) is 6.92 Å². The predicted molar refractivity (Wildman–Crippen MR) is 47.0 cm³/mol. The van der Waals surface area contributed by atoms with Crippen LogP contribution in [0.1, 0.15) is 24.8 Å². The lowest BCUT2D eigenvalue weighted by atomic mass is 9.96. The van der Waals surface area contributed by atoms with E-state index in [9.17, 15) is 13.6 Å². The van der Waals surface area contributed by atoms with E-state index in [2.05, 4.69) is 0 Å². The van der Waals surface area contributed by atoms with Crippen LogP contribution in [-0.2, 0) is 4.79 Å². The summed E-state index contributed by atoms with van der Waals surface area (Å²) in [6.07, 6.45) is 0.304. The number of halogens is 2. The first-order valence-electron chi connectivity index (χ1n) is 4.23. The number of rotatable bonds is 3. The molecule has 0 spiro atoms. The molecule has 4 heteroatoms. The summed E-state index contributed by atoms with van der Waals surface area (Å²) in [6, 6.07) is 2.81. The lowest BCUT2D eigenvalue weighted by molar-refractivity contribution is -0.138. The molecule has 2 nitrogen and oxygen atoms in total. The van der Waals surface area contributed by atoms with Crippen LogP contribution in [0, 0.1) is 11.6 Å². The van der Waals surface area contributed by atoms with Crippen molar-refractivity contribution in [2.45, 2.75) is 19.3 Å². The second kappa shape index (κ2) is 4.17. The Balaban J connectivity index is 3.10. The van der Waals surface area contributed by atoms with E-state index in [1.807, 2.05) is 0 Å². The van der Waals surface area contributed by atoms with Gasteiger partial charge in [0.25, 0.3) is 0 Å². The molecule has 0 aromatic heterocycles. The standard InChI is InChI=1S/C10H10F2O2/c1-2-9(10(13)14)6-3-7(11)5-8(12)4-6/h3-5,9H,2H2,1H3,(H,13,14). The molecule has 0 bridgehead atoms. The Morgan fingerprint density at radius 2 is 1.86 bits per heavy atom. The molecular weight excluding hydrogens is 190 g/mol. The van der Waals surface area contributed by atoms with E-state index in [4.69, 9.17) is 5.11 Å².